The van der Waals surface area contributed by atoms with Crippen molar-refractivity contribution in [3.63, 3.8) is 0 Å². The molecule has 6 heteroatoms. The molecule has 1 aromatic rings. The van der Waals surface area contributed by atoms with Gasteiger partial charge in [0.15, 0.2) is 5.84 Å². The Morgan fingerprint density at radius 3 is 2.88 bits per heavy atom. The SMILES string of the molecule is CSc1cccc(NC(=O)C(C)C(N)=NO)c1. The minimum atomic E-state index is -0.669. The zero-order valence-electron chi connectivity index (χ0n) is 9.68. The molecule has 0 aromatic heterocycles. The summed E-state index contributed by atoms with van der Waals surface area (Å²) in [5.41, 5.74) is 6.06. The lowest BCUT2D eigenvalue weighted by atomic mass is 10.1. The highest BCUT2D eigenvalue weighted by molar-refractivity contribution is 7.98. The third-order valence-corrected chi connectivity index (χ3v) is 3.02. The molecule has 92 valence electrons. The first kappa shape index (κ1) is 13.4. The number of oxime groups is 1. The van der Waals surface area contributed by atoms with Crippen LogP contribution in [0.25, 0.3) is 0 Å². The average Bonchev–Trinajstić information content (AvgIpc) is 2.37. The Balaban J connectivity index is 2.74. The van der Waals surface area contributed by atoms with Gasteiger partial charge in [0, 0.05) is 10.6 Å². The first-order chi connectivity index (χ1) is 8.08. The van der Waals surface area contributed by atoms with Crippen LogP contribution >= 0.6 is 11.8 Å². The molecule has 1 aromatic carbocycles. The maximum atomic E-state index is 11.7. The van der Waals surface area contributed by atoms with Gasteiger partial charge in [0.2, 0.25) is 5.91 Å². The number of benzene rings is 1. The number of nitrogens with zero attached hydrogens (tertiary/aromatic N) is 1. The zero-order valence-corrected chi connectivity index (χ0v) is 10.5. The lowest BCUT2D eigenvalue weighted by Gasteiger charge is -2.11. The number of nitrogens with two attached hydrogens (primary N) is 1. The van der Waals surface area contributed by atoms with Crippen molar-refractivity contribution in [1.82, 2.24) is 0 Å². The van der Waals surface area contributed by atoms with Gasteiger partial charge >= 0.3 is 0 Å². The molecule has 0 heterocycles. The van der Waals surface area contributed by atoms with E-state index in [1.165, 1.54) is 0 Å². The fourth-order valence-electron chi connectivity index (χ4n) is 1.17. The Labute approximate surface area is 104 Å². The smallest absolute Gasteiger partial charge is 0.234 e. The Morgan fingerprint density at radius 2 is 2.29 bits per heavy atom. The summed E-state index contributed by atoms with van der Waals surface area (Å²) in [6.45, 7) is 1.57. The van der Waals surface area contributed by atoms with Crippen molar-refractivity contribution in [2.24, 2.45) is 16.8 Å². The number of amides is 1. The topological polar surface area (TPSA) is 87.7 Å². The molecular formula is C11H15N3O2S. The highest BCUT2D eigenvalue weighted by Gasteiger charge is 2.17. The van der Waals surface area contributed by atoms with Crippen LogP contribution in [0.5, 0.6) is 0 Å². The Bertz CT molecular complexity index is 434. The van der Waals surface area contributed by atoms with Crippen molar-refractivity contribution in [2.45, 2.75) is 11.8 Å². The second-order valence-electron chi connectivity index (χ2n) is 3.47. The molecule has 0 saturated carbocycles. The normalized spacial score (nSPS) is 13.2. The van der Waals surface area contributed by atoms with Gasteiger partial charge in [-0.25, -0.2) is 0 Å². The van der Waals surface area contributed by atoms with Crippen LogP contribution < -0.4 is 11.1 Å². The molecule has 0 bridgehead atoms. The Hall–Kier alpha value is -1.69. The Kier molecular flexibility index (Phi) is 4.84. The van der Waals surface area contributed by atoms with Crippen LogP contribution in [0.3, 0.4) is 0 Å². The van der Waals surface area contributed by atoms with Crippen molar-refractivity contribution in [3.05, 3.63) is 24.3 Å². The van der Waals surface area contributed by atoms with E-state index in [9.17, 15) is 4.79 Å². The van der Waals surface area contributed by atoms with Crippen LogP contribution in [-0.4, -0.2) is 23.2 Å². The summed E-state index contributed by atoms with van der Waals surface area (Å²) in [5.74, 6) is -1.08. The largest absolute Gasteiger partial charge is 0.409 e. The van der Waals surface area contributed by atoms with Crippen LogP contribution in [0.4, 0.5) is 5.69 Å². The van der Waals surface area contributed by atoms with Gasteiger partial charge in [0.25, 0.3) is 0 Å². The fraction of sp³-hybridized carbons (Fsp3) is 0.273. The van der Waals surface area contributed by atoms with Gasteiger partial charge < -0.3 is 16.3 Å². The van der Waals surface area contributed by atoms with E-state index in [0.717, 1.165) is 4.90 Å². The van der Waals surface area contributed by atoms with Crippen molar-refractivity contribution < 1.29 is 10.0 Å². The number of carbonyl (C=O) groups is 1. The molecule has 0 saturated heterocycles. The number of amidine groups is 1. The standard InChI is InChI=1S/C11H15N3O2S/c1-7(10(12)14-16)11(15)13-8-4-3-5-9(6-8)17-2/h3-7,16H,1-2H3,(H2,12,14)(H,13,15). The van der Waals surface area contributed by atoms with Crippen LogP contribution in [-0.2, 0) is 4.79 Å². The minimum Gasteiger partial charge on any atom is -0.409 e. The van der Waals surface area contributed by atoms with E-state index >= 15 is 0 Å². The lowest BCUT2D eigenvalue weighted by Crippen LogP contribution is -2.32. The van der Waals surface area contributed by atoms with Crippen molar-refractivity contribution in [1.29, 1.82) is 0 Å². The summed E-state index contributed by atoms with van der Waals surface area (Å²) >= 11 is 1.59. The zero-order chi connectivity index (χ0) is 12.8. The van der Waals surface area contributed by atoms with Gasteiger partial charge in [-0.3, -0.25) is 4.79 Å². The van der Waals surface area contributed by atoms with Gasteiger partial charge in [-0.1, -0.05) is 11.2 Å². The van der Waals surface area contributed by atoms with Gasteiger partial charge in [-0.15, -0.1) is 11.8 Å². The third kappa shape index (κ3) is 3.67. The summed E-state index contributed by atoms with van der Waals surface area (Å²) in [6.07, 6.45) is 1.96. The van der Waals surface area contributed by atoms with E-state index in [-0.39, 0.29) is 11.7 Å². The van der Waals surface area contributed by atoms with E-state index in [1.807, 2.05) is 24.5 Å². The number of hydrogen-bond acceptors (Lipinski definition) is 4. The number of hydrogen-bond donors (Lipinski definition) is 3. The number of anilines is 1. The van der Waals surface area contributed by atoms with E-state index < -0.39 is 5.92 Å². The fourth-order valence-corrected chi connectivity index (χ4v) is 1.63. The minimum absolute atomic E-state index is 0.108. The molecular weight excluding hydrogens is 238 g/mol. The molecule has 1 amide bonds. The predicted molar refractivity (Wildman–Crippen MR) is 69.4 cm³/mol. The number of rotatable bonds is 4. The summed E-state index contributed by atoms with van der Waals surface area (Å²) in [6, 6.07) is 7.46. The molecule has 0 aliphatic rings. The molecule has 0 spiro atoms. The van der Waals surface area contributed by atoms with Crippen LogP contribution in [0, 0.1) is 5.92 Å². The number of nitrogens with one attached hydrogen (secondary N) is 1. The Morgan fingerprint density at radius 1 is 1.59 bits per heavy atom. The predicted octanol–water partition coefficient (Wildman–Crippen LogP) is 1.73. The molecule has 0 aliphatic heterocycles. The van der Waals surface area contributed by atoms with E-state index in [1.54, 1.807) is 24.8 Å². The van der Waals surface area contributed by atoms with Gasteiger partial charge in [0.1, 0.15) is 0 Å². The second-order valence-corrected chi connectivity index (χ2v) is 4.35. The maximum Gasteiger partial charge on any atom is 0.234 e. The second kappa shape index (κ2) is 6.15. The first-order valence-electron chi connectivity index (χ1n) is 5.00. The third-order valence-electron chi connectivity index (χ3n) is 2.29. The highest BCUT2D eigenvalue weighted by Crippen LogP contribution is 2.19. The molecule has 1 atom stereocenters. The van der Waals surface area contributed by atoms with Gasteiger partial charge in [-0.05, 0) is 31.4 Å². The quantitative estimate of drug-likeness (QED) is 0.251. The molecule has 0 aliphatic carbocycles. The average molecular weight is 253 g/mol. The summed E-state index contributed by atoms with van der Waals surface area (Å²) < 4.78 is 0. The van der Waals surface area contributed by atoms with E-state index in [4.69, 9.17) is 10.9 Å². The van der Waals surface area contributed by atoms with Gasteiger partial charge in [0.05, 0.1) is 5.92 Å². The molecule has 4 N–H and O–H groups in total. The van der Waals surface area contributed by atoms with Crippen molar-refractivity contribution in [3.8, 4) is 0 Å². The number of thioether (sulfide) groups is 1. The van der Waals surface area contributed by atoms with Crippen LogP contribution in [0.2, 0.25) is 0 Å². The molecule has 0 radical (unpaired) electrons. The van der Waals surface area contributed by atoms with Crippen LogP contribution in [0.15, 0.2) is 34.3 Å². The van der Waals surface area contributed by atoms with Crippen molar-refractivity contribution >= 4 is 29.2 Å². The monoisotopic (exact) mass is 253 g/mol. The van der Waals surface area contributed by atoms with E-state index in [2.05, 4.69) is 10.5 Å². The first-order valence-corrected chi connectivity index (χ1v) is 6.23. The maximum absolute atomic E-state index is 11.7. The summed E-state index contributed by atoms with van der Waals surface area (Å²) in [5, 5.41) is 14.0. The van der Waals surface area contributed by atoms with E-state index in [0.29, 0.717) is 5.69 Å². The van der Waals surface area contributed by atoms with Crippen LogP contribution in [0.1, 0.15) is 6.92 Å². The molecule has 1 rings (SSSR count). The lowest BCUT2D eigenvalue weighted by molar-refractivity contribution is -0.117. The number of carbonyl (C=O) groups excluding carboxylic acids is 1. The summed E-state index contributed by atoms with van der Waals surface area (Å²) in [4.78, 5) is 12.8. The molecule has 1 unspecified atom stereocenters. The molecule has 17 heavy (non-hydrogen) atoms. The van der Waals surface area contributed by atoms with Crippen molar-refractivity contribution in [2.75, 3.05) is 11.6 Å². The van der Waals surface area contributed by atoms with Gasteiger partial charge in [-0.2, -0.15) is 0 Å². The highest BCUT2D eigenvalue weighted by atomic mass is 32.2. The molecule has 5 nitrogen and oxygen atoms in total. The summed E-state index contributed by atoms with van der Waals surface area (Å²) in [7, 11) is 0. The molecule has 0 fully saturated rings.